The Morgan fingerprint density at radius 3 is 2.38 bits per heavy atom. The van der Waals surface area contributed by atoms with E-state index >= 15 is 0 Å². The normalized spacial score (nSPS) is 12.3. The molecule has 0 fully saturated rings. The second-order valence-electron chi connectivity index (χ2n) is 7.63. The number of nitrogens with one attached hydrogen (secondary N) is 2. The van der Waals surface area contributed by atoms with Crippen molar-refractivity contribution in [3.05, 3.63) is 106 Å². The molecule has 0 radical (unpaired) electrons. The summed E-state index contributed by atoms with van der Waals surface area (Å²) in [6.45, 7) is 3.93. The maximum absolute atomic E-state index is 13.3. The fraction of sp³-hybridized carbons (Fsp3) is 0.125. The maximum atomic E-state index is 13.3. The first kappa shape index (κ1) is 24.0. The third-order valence-corrected chi connectivity index (χ3v) is 8.08. The number of hydrogen-bond donors (Lipinski definition) is 2. The molecule has 0 saturated carbocycles. The SMILES string of the molecule is Cc1ccc([C@@H](NS(=O)(=O)c2nnc(NC(=O)c3ccccc3Cl)s2)c2ccccc2)c(C)c1. The van der Waals surface area contributed by atoms with Gasteiger partial charge in [0.25, 0.3) is 15.9 Å². The summed E-state index contributed by atoms with van der Waals surface area (Å²) in [6.07, 6.45) is 0. The van der Waals surface area contributed by atoms with Crippen LogP contribution in [-0.4, -0.2) is 24.5 Å². The highest BCUT2D eigenvalue weighted by atomic mass is 35.5. The molecule has 7 nitrogen and oxygen atoms in total. The van der Waals surface area contributed by atoms with Crippen LogP contribution in [0.15, 0.2) is 77.1 Å². The van der Waals surface area contributed by atoms with Gasteiger partial charge in [-0.3, -0.25) is 10.1 Å². The van der Waals surface area contributed by atoms with Gasteiger partial charge in [-0.1, -0.05) is 89.2 Å². The molecule has 1 heterocycles. The summed E-state index contributed by atoms with van der Waals surface area (Å²) in [4.78, 5) is 12.5. The van der Waals surface area contributed by atoms with Gasteiger partial charge >= 0.3 is 0 Å². The van der Waals surface area contributed by atoms with Gasteiger partial charge in [0.15, 0.2) is 0 Å². The van der Waals surface area contributed by atoms with Gasteiger partial charge in [-0.2, -0.15) is 4.72 Å². The molecule has 0 aliphatic carbocycles. The smallest absolute Gasteiger partial charge is 0.270 e. The number of nitrogens with zero attached hydrogens (tertiary/aromatic N) is 2. The fourth-order valence-corrected chi connectivity index (χ4v) is 5.83. The third-order valence-electron chi connectivity index (χ3n) is 5.12. The average Bonchev–Trinajstić information content (AvgIpc) is 3.28. The number of carbonyl (C=O) groups excluding carboxylic acids is 1. The lowest BCUT2D eigenvalue weighted by Crippen LogP contribution is -2.30. The van der Waals surface area contributed by atoms with Crippen LogP contribution in [0.4, 0.5) is 5.13 Å². The topological polar surface area (TPSA) is 101 Å². The minimum absolute atomic E-state index is 0.0491. The largest absolute Gasteiger partial charge is 0.296 e. The molecule has 1 atom stereocenters. The minimum Gasteiger partial charge on any atom is -0.296 e. The molecule has 174 valence electrons. The summed E-state index contributed by atoms with van der Waals surface area (Å²) in [6, 6.07) is 21.1. The molecule has 4 aromatic rings. The minimum atomic E-state index is -4.05. The highest BCUT2D eigenvalue weighted by molar-refractivity contribution is 7.91. The lowest BCUT2D eigenvalue weighted by Gasteiger charge is -2.21. The summed E-state index contributed by atoms with van der Waals surface area (Å²) in [5, 5.41) is 10.5. The Balaban J connectivity index is 1.61. The Hall–Kier alpha value is -3.11. The van der Waals surface area contributed by atoms with E-state index in [1.165, 1.54) is 0 Å². The first-order valence-electron chi connectivity index (χ1n) is 10.3. The maximum Gasteiger partial charge on any atom is 0.270 e. The van der Waals surface area contributed by atoms with Gasteiger partial charge in [0.1, 0.15) is 0 Å². The number of aromatic nitrogens is 2. The van der Waals surface area contributed by atoms with Crippen LogP contribution in [0, 0.1) is 13.8 Å². The number of aryl methyl sites for hydroxylation is 2. The molecule has 0 unspecified atom stereocenters. The Labute approximate surface area is 206 Å². The van der Waals surface area contributed by atoms with E-state index < -0.39 is 22.0 Å². The Morgan fingerprint density at radius 2 is 1.68 bits per heavy atom. The molecule has 4 rings (SSSR count). The van der Waals surface area contributed by atoms with Gasteiger partial charge in [-0.15, -0.1) is 10.2 Å². The van der Waals surface area contributed by atoms with Gasteiger partial charge in [0.05, 0.1) is 16.6 Å². The molecule has 0 aliphatic heterocycles. The van der Waals surface area contributed by atoms with Crippen molar-refractivity contribution in [3.63, 3.8) is 0 Å². The highest BCUT2D eigenvalue weighted by Gasteiger charge is 2.27. The highest BCUT2D eigenvalue weighted by Crippen LogP contribution is 2.29. The molecule has 10 heteroatoms. The summed E-state index contributed by atoms with van der Waals surface area (Å²) < 4.78 is 29.0. The molecule has 3 aromatic carbocycles. The predicted octanol–water partition coefficient (Wildman–Crippen LogP) is 5.13. The van der Waals surface area contributed by atoms with Crippen molar-refractivity contribution in [2.45, 2.75) is 24.2 Å². The average molecular weight is 513 g/mol. The van der Waals surface area contributed by atoms with E-state index in [1.54, 1.807) is 24.3 Å². The van der Waals surface area contributed by atoms with Crippen molar-refractivity contribution in [3.8, 4) is 0 Å². The lowest BCUT2D eigenvalue weighted by molar-refractivity contribution is 0.102. The van der Waals surface area contributed by atoms with Crippen molar-refractivity contribution >= 4 is 44.0 Å². The molecule has 0 spiro atoms. The van der Waals surface area contributed by atoms with Crippen LogP contribution in [0.5, 0.6) is 0 Å². The van der Waals surface area contributed by atoms with Crippen LogP contribution >= 0.6 is 22.9 Å². The van der Waals surface area contributed by atoms with Crippen LogP contribution in [-0.2, 0) is 10.0 Å². The molecule has 1 aromatic heterocycles. The zero-order valence-electron chi connectivity index (χ0n) is 18.3. The van der Waals surface area contributed by atoms with Gasteiger partial charge < -0.3 is 0 Å². The Morgan fingerprint density at radius 1 is 0.971 bits per heavy atom. The second kappa shape index (κ2) is 10.0. The Bertz CT molecular complexity index is 1440. The molecule has 0 saturated heterocycles. The first-order valence-corrected chi connectivity index (χ1v) is 13.0. The van der Waals surface area contributed by atoms with Crippen molar-refractivity contribution in [1.82, 2.24) is 14.9 Å². The number of anilines is 1. The fourth-order valence-electron chi connectivity index (χ4n) is 3.49. The van der Waals surface area contributed by atoms with Crippen LogP contribution in [0.1, 0.15) is 38.7 Å². The van der Waals surface area contributed by atoms with Crippen molar-refractivity contribution in [2.75, 3.05) is 5.32 Å². The van der Waals surface area contributed by atoms with Crippen molar-refractivity contribution in [2.24, 2.45) is 0 Å². The number of rotatable bonds is 7. The number of sulfonamides is 1. The van der Waals surface area contributed by atoms with Crippen LogP contribution in [0.25, 0.3) is 0 Å². The quantitative estimate of drug-likeness (QED) is 0.334. The number of carbonyl (C=O) groups is 1. The summed E-state index contributed by atoms with van der Waals surface area (Å²) in [7, 11) is -4.05. The van der Waals surface area contributed by atoms with E-state index in [2.05, 4.69) is 20.2 Å². The number of benzene rings is 3. The van der Waals surface area contributed by atoms with E-state index in [-0.39, 0.29) is 20.1 Å². The summed E-state index contributed by atoms with van der Waals surface area (Å²) in [5.74, 6) is -0.504. The predicted molar refractivity (Wildman–Crippen MR) is 134 cm³/mol. The Kier molecular flexibility index (Phi) is 7.08. The summed E-state index contributed by atoms with van der Waals surface area (Å²) >= 11 is 6.82. The standard InChI is InChI=1S/C24H21ClN4O3S2/c1-15-12-13-18(16(2)14-15)21(17-8-4-3-5-9-17)29-34(31,32)24-28-27-23(33-24)26-22(30)19-10-6-7-11-20(19)25/h3-14,21,29H,1-2H3,(H,26,27,30)/t21-/m0/s1. The number of halogens is 1. The van der Waals surface area contributed by atoms with Crippen LogP contribution < -0.4 is 10.0 Å². The van der Waals surface area contributed by atoms with Gasteiger partial charge in [-0.25, -0.2) is 8.42 Å². The van der Waals surface area contributed by atoms with Crippen molar-refractivity contribution in [1.29, 1.82) is 0 Å². The van der Waals surface area contributed by atoms with Crippen molar-refractivity contribution < 1.29 is 13.2 Å². The molecule has 0 aliphatic rings. The van der Waals surface area contributed by atoms with E-state index in [1.807, 2.05) is 62.4 Å². The van der Waals surface area contributed by atoms with Gasteiger partial charge in [-0.05, 0) is 42.7 Å². The van der Waals surface area contributed by atoms with E-state index in [4.69, 9.17) is 11.6 Å². The van der Waals surface area contributed by atoms with Gasteiger partial charge in [0, 0.05) is 0 Å². The third kappa shape index (κ3) is 5.34. The van der Waals surface area contributed by atoms with Crippen LogP contribution in [0.2, 0.25) is 5.02 Å². The second-order valence-corrected chi connectivity index (χ2v) is 10.9. The van der Waals surface area contributed by atoms with Crippen LogP contribution in [0.3, 0.4) is 0 Å². The molecule has 2 N–H and O–H groups in total. The molecule has 0 bridgehead atoms. The molecular weight excluding hydrogens is 492 g/mol. The first-order chi connectivity index (χ1) is 16.2. The van der Waals surface area contributed by atoms with E-state index in [9.17, 15) is 13.2 Å². The van der Waals surface area contributed by atoms with Gasteiger partial charge in [0.2, 0.25) is 9.47 Å². The summed E-state index contributed by atoms with van der Waals surface area (Å²) in [5.41, 5.74) is 3.91. The molecule has 34 heavy (non-hydrogen) atoms. The monoisotopic (exact) mass is 512 g/mol. The van der Waals surface area contributed by atoms with E-state index in [0.29, 0.717) is 0 Å². The molecule has 1 amide bonds. The number of hydrogen-bond acceptors (Lipinski definition) is 6. The van der Waals surface area contributed by atoms with E-state index in [0.717, 1.165) is 33.6 Å². The lowest BCUT2D eigenvalue weighted by atomic mass is 9.95. The zero-order chi connectivity index (χ0) is 24.3. The zero-order valence-corrected chi connectivity index (χ0v) is 20.7. The number of amides is 1. The molecular formula is C24H21ClN4O3S2.